The fourth-order valence-electron chi connectivity index (χ4n) is 10.6. The maximum absolute atomic E-state index is 13.1. The van der Waals surface area contributed by atoms with Crippen LogP contribution in [0.5, 0.6) is 0 Å². The van der Waals surface area contributed by atoms with Crippen LogP contribution in [0.2, 0.25) is 0 Å². The SMILES string of the molecule is CC/C=C\C/C=C\C/C=C\C/C=C\C/C=C\C/C=C\CCC(=O)OCC(COP(=O)(O)OCC(O)COP(=O)(O)OCC(COC(=O)CCCCCCC/C=C\C/C=C\CCCCC)OC(=O)CCCCCCC/C=C\CCCCCCCC)OC(=O)CCCCCCCCCCCCCCC. The summed E-state index contributed by atoms with van der Waals surface area (Å²) in [6.07, 6.45) is 80.8. The number of phosphoric ester groups is 2. The molecule has 588 valence electrons. The van der Waals surface area contributed by atoms with Crippen molar-refractivity contribution in [1.82, 2.24) is 0 Å². The van der Waals surface area contributed by atoms with Gasteiger partial charge in [0.1, 0.15) is 19.3 Å². The maximum Gasteiger partial charge on any atom is 0.472 e. The number of phosphoric acid groups is 2. The normalized spacial score (nSPS) is 14.5. The quantitative estimate of drug-likeness (QED) is 0.0169. The van der Waals surface area contributed by atoms with Crippen molar-refractivity contribution >= 4 is 39.5 Å². The second-order valence-corrected chi connectivity index (χ2v) is 29.5. The molecule has 0 saturated carbocycles. The largest absolute Gasteiger partial charge is 0.472 e. The highest BCUT2D eigenvalue weighted by Gasteiger charge is 2.30. The number of unbranched alkanes of at least 4 members (excludes halogenated alkanes) is 31. The highest BCUT2D eigenvalue weighted by molar-refractivity contribution is 7.47. The second kappa shape index (κ2) is 75.0. The fraction of sp³-hybridized carbons (Fsp3) is 0.735. The highest BCUT2D eigenvalue weighted by Crippen LogP contribution is 2.45. The molecule has 5 unspecified atom stereocenters. The van der Waals surface area contributed by atoms with Gasteiger partial charge in [0, 0.05) is 25.7 Å². The van der Waals surface area contributed by atoms with Gasteiger partial charge < -0.3 is 33.8 Å². The van der Waals surface area contributed by atoms with Gasteiger partial charge in [-0.3, -0.25) is 37.3 Å². The summed E-state index contributed by atoms with van der Waals surface area (Å²) < 4.78 is 68.5. The van der Waals surface area contributed by atoms with E-state index in [1.54, 1.807) is 0 Å². The van der Waals surface area contributed by atoms with Gasteiger partial charge in [0.15, 0.2) is 12.2 Å². The van der Waals surface area contributed by atoms with E-state index < -0.39 is 97.5 Å². The molecule has 0 saturated heterocycles. The molecule has 0 aliphatic carbocycles. The first kappa shape index (κ1) is 97.7. The molecule has 19 heteroatoms. The molecule has 0 aromatic heterocycles. The minimum Gasteiger partial charge on any atom is -0.462 e. The predicted octanol–water partition coefficient (Wildman–Crippen LogP) is 23.3. The van der Waals surface area contributed by atoms with Gasteiger partial charge in [0.25, 0.3) is 0 Å². The summed E-state index contributed by atoms with van der Waals surface area (Å²) in [6.45, 7) is 4.65. The van der Waals surface area contributed by atoms with E-state index in [9.17, 15) is 43.2 Å². The van der Waals surface area contributed by atoms with Crippen molar-refractivity contribution in [1.29, 1.82) is 0 Å². The first-order valence-electron chi connectivity index (χ1n) is 40.1. The molecule has 0 spiro atoms. The Labute approximate surface area is 619 Å². The molecule has 102 heavy (non-hydrogen) atoms. The molecule has 0 heterocycles. The molecule has 0 aromatic rings. The van der Waals surface area contributed by atoms with Gasteiger partial charge in [0.2, 0.25) is 0 Å². The summed E-state index contributed by atoms with van der Waals surface area (Å²) in [5, 5.41) is 10.6. The van der Waals surface area contributed by atoms with Crippen molar-refractivity contribution in [3.05, 3.63) is 109 Å². The van der Waals surface area contributed by atoms with Gasteiger partial charge in [-0.05, 0) is 122 Å². The molecular formula is C83H144O17P2. The van der Waals surface area contributed by atoms with Gasteiger partial charge in [0.05, 0.1) is 26.4 Å². The molecular weight excluding hydrogens is 1330 g/mol. The standard InChI is InChI=1S/C83H144O17P2/c1-5-9-13-17-21-25-29-33-36-37-38-39-42-45-48-52-56-60-64-68-81(86)94-73-78(99-82(87)69-65-61-57-53-49-43-32-28-24-20-16-12-8-4)75-97-101(89,90)95-71-77(84)72-96-102(91,92)98-76-79(100-83(88)70-66-62-58-54-50-46-41-35-31-27-23-19-15-11-7-3)74-93-80(85)67-63-59-55-51-47-44-40-34-30-26-22-18-14-10-6-2/h9,13,21-22,25-26,33-36,38-41,45,48,56,60,77-79,84H,5-8,10-12,14-20,23-24,27-32,37,42-44,46-47,49-55,57-59,61-76H2,1-4H3,(H,89,90)(H,91,92)/b13-9-,25-21-,26-22-,36-33-,39-38-,40-34-,41-35-,48-45-,60-56-. The molecule has 5 atom stereocenters. The molecule has 0 aliphatic rings. The average molecular weight is 1480 g/mol. The summed E-state index contributed by atoms with van der Waals surface area (Å²) in [7, 11) is -9.98. The van der Waals surface area contributed by atoms with Gasteiger partial charge in [-0.1, -0.05) is 298 Å². The number of carbonyl (C=O) groups excluding carboxylic acids is 4. The third kappa shape index (κ3) is 74.0. The second-order valence-electron chi connectivity index (χ2n) is 26.6. The van der Waals surface area contributed by atoms with Gasteiger partial charge in [-0.2, -0.15) is 0 Å². The zero-order chi connectivity index (χ0) is 74.6. The van der Waals surface area contributed by atoms with Gasteiger partial charge in [-0.25, -0.2) is 9.13 Å². The lowest BCUT2D eigenvalue weighted by Gasteiger charge is -2.21. The van der Waals surface area contributed by atoms with Crippen LogP contribution in [0.4, 0.5) is 0 Å². The van der Waals surface area contributed by atoms with E-state index in [1.165, 1.54) is 109 Å². The zero-order valence-corrected chi connectivity index (χ0v) is 66.0. The zero-order valence-electron chi connectivity index (χ0n) is 64.3. The van der Waals surface area contributed by atoms with Crippen molar-refractivity contribution in [3.8, 4) is 0 Å². The number of ether oxygens (including phenoxy) is 4. The molecule has 17 nitrogen and oxygen atoms in total. The number of allylic oxidation sites excluding steroid dienone is 18. The Balaban J connectivity index is 5.41. The van der Waals surface area contributed by atoms with Crippen LogP contribution in [0, 0.1) is 0 Å². The van der Waals surface area contributed by atoms with Crippen molar-refractivity contribution in [2.45, 2.75) is 354 Å². The summed E-state index contributed by atoms with van der Waals surface area (Å²) in [6, 6.07) is 0. The molecule has 0 aliphatic heterocycles. The minimum atomic E-state index is -4.99. The predicted molar refractivity (Wildman–Crippen MR) is 418 cm³/mol. The lowest BCUT2D eigenvalue weighted by atomic mass is 10.0. The van der Waals surface area contributed by atoms with E-state index in [4.69, 9.17) is 37.0 Å². The molecule has 0 bridgehead atoms. The number of hydrogen-bond donors (Lipinski definition) is 3. The highest BCUT2D eigenvalue weighted by atomic mass is 31.2. The van der Waals surface area contributed by atoms with Gasteiger partial charge >= 0.3 is 39.5 Å². The number of aliphatic hydroxyl groups excluding tert-OH is 1. The van der Waals surface area contributed by atoms with Gasteiger partial charge in [-0.15, -0.1) is 0 Å². The molecule has 0 aromatic carbocycles. The lowest BCUT2D eigenvalue weighted by Crippen LogP contribution is -2.30. The Morgan fingerprint density at radius 1 is 0.284 bits per heavy atom. The number of hydrogen-bond acceptors (Lipinski definition) is 15. The van der Waals surface area contributed by atoms with Crippen LogP contribution < -0.4 is 0 Å². The van der Waals surface area contributed by atoms with E-state index in [1.807, 2.05) is 18.2 Å². The van der Waals surface area contributed by atoms with Crippen LogP contribution in [-0.4, -0.2) is 96.7 Å². The fourth-order valence-corrected chi connectivity index (χ4v) is 12.2. The van der Waals surface area contributed by atoms with Crippen LogP contribution in [-0.2, 0) is 65.4 Å². The Kier molecular flexibility index (Phi) is 71.8. The van der Waals surface area contributed by atoms with Crippen molar-refractivity contribution in [2.24, 2.45) is 0 Å². The monoisotopic (exact) mass is 1470 g/mol. The smallest absolute Gasteiger partial charge is 0.462 e. The van der Waals surface area contributed by atoms with Crippen molar-refractivity contribution in [3.63, 3.8) is 0 Å². The number of esters is 4. The Morgan fingerprint density at radius 3 is 0.873 bits per heavy atom. The minimum absolute atomic E-state index is 0.0368. The Morgan fingerprint density at radius 2 is 0.529 bits per heavy atom. The topological polar surface area (TPSA) is 237 Å². The van der Waals surface area contributed by atoms with Crippen molar-refractivity contribution < 1.29 is 80.2 Å². The number of aliphatic hydroxyl groups is 1. The lowest BCUT2D eigenvalue weighted by molar-refractivity contribution is -0.161. The number of carbonyl (C=O) groups is 4. The molecule has 0 radical (unpaired) electrons. The first-order valence-corrected chi connectivity index (χ1v) is 43.1. The third-order valence-electron chi connectivity index (χ3n) is 16.7. The molecule has 3 N–H and O–H groups in total. The van der Waals surface area contributed by atoms with E-state index in [0.717, 1.165) is 141 Å². The molecule has 0 amide bonds. The summed E-state index contributed by atoms with van der Waals surface area (Å²) in [4.78, 5) is 73.0. The summed E-state index contributed by atoms with van der Waals surface area (Å²) >= 11 is 0. The number of rotatable bonds is 75. The van der Waals surface area contributed by atoms with Crippen LogP contribution >= 0.6 is 15.6 Å². The van der Waals surface area contributed by atoms with E-state index in [-0.39, 0.29) is 25.7 Å². The van der Waals surface area contributed by atoms with Crippen LogP contribution in [0.3, 0.4) is 0 Å². The summed E-state index contributed by atoms with van der Waals surface area (Å²) in [5.41, 5.74) is 0. The van der Waals surface area contributed by atoms with E-state index >= 15 is 0 Å². The Hall–Kier alpha value is -4.28. The Bertz CT molecular complexity index is 2360. The molecule has 0 fully saturated rings. The van der Waals surface area contributed by atoms with Crippen LogP contribution in [0.15, 0.2) is 109 Å². The maximum atomic E-state index is 13.1. The van der Waals surface area contributed by atoms with E-state index in [0.29, 0.717) is 32.1 Å². The third-order valence-corrected chi connectivity index (χ3v) is 18.6. The van der Waals surface area contributed by atoms with E-state index in [2.05, 4.69) is 119 Å². The summed E-state index contributed by atoms with van der Waals surface area (Å²) in [5.74, 6) is -2.28. The van der Waals surface area contributed by atoms with Crippen LogP contribution in [0.1, 0.15) is 336 Å². The van der Waals surface area contributed by atoms with Crippen LogP contribution in [0.25, 0.3) is 0 Å². The average Bonchev–Trinajstić information content (AvgIpc) is 0.908. The molecule has 0 rings (SSSR count). The van der Waals surface area contributed by atoms with Crippen molar-refractivity contribution in [2.75, 3.05) is 39.6 Å². The first-order chi connectivity index (χ1) is 49.7.